The molecule has 0 radical (unpaired) electrons. The number of carbonyl (C=O) groups is 3. The van der Waals surface area contributed by atoms with Crippen LogP contribution in [0.5, 0.6) is 0 Å². The van der Waals surface area contributed by atoms with Crippen LogP contribution in [0.1, 0.15) is 62.5 Å². The van der Waals surface area contributed by atoms with Crippen LogP contribution in [0.25, 0.3) is 22.1 Å². The molecule has 2 aliphatic carbocycles. The van der Waals surface area contributed by atoms with Crippen LogP contribution >= 0.6 is 0 Å². The average molecular weight is 698 g/mol. The normalized spacial score (nSPS) is 25.7. The zero-order chi connectivity index (χ0) is 38.9. The van der Waals surface area contributed by atoms with Gasteiger partial charge in [0.2, 0.25) is 5.91 Å². The second-order valence-corrected chi connectivity index (χ2v) is 13.3. The van der Waals surface area contributed by atoms with E-state index in [2.05, 4.69) is 20.4 Å². The van der Waals surface area contributed by atoms with Gasteiger partial charge >= 0.3 is 17.8 Å². The molecule has 3 fully saturated rings. The standard InChI is InChI=1S/C36H39N9O6/c1-21-18-36(21,33(47)51-20-22-8-5-4-6-9-22)45-31-25(32(41-45)43-15-7-10-30(43)46)13-14-28(40-31)39-29-17-26-27(19-37-29)42(2)35(49)44(26)24-12-11-23(16-24)38-34(48)50-3/h4-6,8-9,13-14,17,19,21,23-24H,7,10-12,15-16,18,20H2,1-3H3,(H,38,48)(H,37,39,40)/t21-,23+,24+,36-/m0/s1/i2D3,23D. The number of aryl methyl sites for hydroxylation is 1. The Hall–Kier alpha value is -5.73. The lowest BCUT2D eigenvalue weighted by Gasteiger charge is -2.18. The highest BCUT2D eigenvalue weighted by Gasteiger charge is 2.62. The quantitative estimate of drug-likeness (QED) is 0.212. The number of imidazole rings is 1. The number of aromatic nitrogens is 6. The lowest BCUT2D eigenvalue weighted by Crippen LogP contribution is -2.33. The van der Waals surface area contributed by atoms with Gasteiger partial charge in [-0.05, 0) is 55.7 Å². The Morgan fingerprint density at radius 1 is 1.12 bits per heavy atom. The number of hydrogen-bond acceptors (Lipinski definition) is 10. The summed E-state index contributed by atoms with van der Waals surface area (Å²) in [5.41, 5.74) is -0.425. The summed E-state index contributed by atoms with van der Waals surface area (Å²) in [5.74, 6) is 0.279. The number of ether oxygens (including phenoxy) is 2. The molecule has 15 heteroatoms. The summed E-state index contributed by atoms with van der Waals surface area (Å²) in [6, 6.07) is 12.3. The molecule has 3 aliphatic rings. The van der Waals surface area contributed by atoms with Crippen molar-refractivity contribution < 1.29 is 29.3 Å². The molecule has 5 heterocycles. The minimum absolute atomic E-state index is 0.0330. The van der Waals surface area contributed by atoms with Crippen LogP contribution in [0.2, 0.25) is 0 Å². The van der Waals surface area contributed by atoms with Gasteiger partial charge in [0, 0.05) is 42.2 Å². The van der Waals surface area contributed by atoms with Gasteiger partial charge in [-0.2, -0.15) is 5.10 Å². The van der Waals surface area contributed by atoms with Crippen molar-refractivity contribution in [2.75, 3.05) is 23.9 Å². The fourth-order valence-corrected chi connectivity index (χ4v) is 7.35. The van der Waals surface area contributed by atoms with Gasteiger partial charge in [-0.1, -0.05) is 37.3 Å². The molecule has 1 aliphatic heterocycles. The first-order valence-electron chi connectivity index (χ1n) is 18.9. The highest BCUT2D eigenvalue weighted by Crippen LogP contribution is 2.53. The fraction of sp³-hybridized carbons (Fsp3) is 0.417. The Morgan fingerprint density at radius 3 is 2.67 bits per heavy atom. The van der Waals surface area contributed by atoms with Crippen molar-refractivity contribution in [1.29, 1.82) is 0 Å². The van der Waals surface area contributed by atoms with Crippen LogP contribution in [0.15, 0.2) is 59.5 Å². The minimum Gasteiger partial charge on any atom is -0.459 e. The molecule has 2 amide bonds. The first-order valence-corrected chi connectivity index (χ1v) is 16.9. The number of carbonyl (C=O) groups excluding carboxylic acids is 3. The first-order chi connectivity index (χ1) is 26.2. The van der Waals surface area contributed by atoms with Crippen molar-refractivity contribution in [3.8, 4) is 0 Å². The Balaban J connectivity index is 1.17. The van der Waals surface area contributed by atoms with Crippen LogP contribution in [-0.4, -0.2) is 66.5 Å². The number of anilines is 3. The van der Waals surface area contributed by atoms with Crippen molar-refractivity contribution in [2.24, 2.45) is 12.9 Å². The van der Waals surface area contributed by atoms with E-state index in [1.807, 2.05) is 37.3 Å². The van der Waals surface area contributed by atoms with Gasteiger partial charge in [0.05, 0.1) is 31.1 Å². The number of methoxy groups -OCH3 is 1. The lowest BCUT2D eigenvalue weighted by atomic mass is 10.2. The third-order valence-corrected chi connectivity index (χ3v) is 10.2. The summed E-state index contributed by atoms with van der Waals surface area (Å²) in [4.78, 5) is 63.5. The van der Waals surface area contributed by atoms with E-state index < -0.39 is 42.3 Å². The molecule has 0 spiro atoms. The number of pyridine rings is 2. The maximum atomic E-state index is 13.9. The van der Waals surface area contributed by atoms with Crippen molar-refractivity contribution in [2.45, 2.75) is 69.7 Å². The highest BCUT2D eigenvalue weighted by atomic mass is 16.5. The predicted octanol–water partition coefficient (Wildman–Crippen LogP) is 4.28. The Bertz CT molecular complexity index is 2410. The average Bonchev–Trinajstić information content (AvgIpc) is 3.55. The minimum atomic E-state index is -2.82. The number of esters is 1. The van der Waals surface area contributed by atoms with Gasteiger partial charge < -0.3 is 20.1 Å². The lowest BCUT2D eigenvalue weighted by molar-refractivity contribution is -0.151. The van der Waals surface area contributed by atoms with E-state index in [1.54, 1.807) is 27.8 Å². The van der Waals surface area contributed by atoms with E-state index in [1.165, 1.54) is 17.9 Å². The monoisotopic (exact) mass is 697 g/mol. The molecule has 2 saturated carbocycles. The van der Waals surface area contributed by atoms with Gasteiger partial charge in [0.15, 0.2) is 17.0 Å². The summed E-state index contributed by atoms with van der Waals surface area (Å²) >= 11 is 0. The maximum absolute atomic E-state index is 13.9. The number of nitrogens with zero attached hydrogens (tertiary/aromatic N) is 7. The van der Waals surface area contributed by atoms with Crippen LogP contribution < -0.4 is 21.2 Å². The maximum Gasteiger partial charge on any atom is 0.407 e. The topological polar surface area (TPSA) is 167 Å². The molecule has 8 rings (SSSR count). The second kappa shape index (κ2) is 12.5. The van der Waals surface area contributed by atoms with E-state index in [0.717, 1.165) is 5.56 Å². The number of fused-ring (bicyclic) bond motifs is 2. The van der Waals surface area contributed by atoms with E-state index in [-0.39, 0.29) is 48.1 Å². The summed E-state index contributed by atoms with van der Waals surface area (Å²) in [7, 11) is 1.20. The number of alkyl carbamates (subject to hydrolysis) is 1. The Kier molecular flexibility index (Phi) is 6.89. The molecule has 0 bridgehead atoms. The summed E-state index contributed by atoms with van der Waals surface area (Å²) < 4.78 is 47.2. The van der Waals surface area contributed by atoms with Gasteiger partial charge in [-0.25, -0.2) is 29.0 Å². The van der Waals surface area contributed by atoms with Crippen LogP contribution in [0.3, 0.4) is 0 Å². The third-order valence-electron chi connectivity index (χ3n) is 10.2. The zero-order valence-corrected chi connectivity index (χ0v) is 28.1. The summed E-state index contributed by atoms with van der Waals surface area (Å²) in [6.45, 7) is -0.325. The molecule has 15 nitrogen and oxygen atoms in total. The molecular weight excluding hydrogens is 654 g/mol. The molecule has 4 atom stereocenters. The van der Waals surface area contributed by atoms with Crippen LogP contribution in [0.4, 0.5) is 22.2 Å². The second-order valence-electron chi connectivity index (χ2n) is 13.3. The van der Waals surface area contributed by atoms with Crippen LogP contribution in [-0.2, 0) is 38.2 Å². The summed E-state index contributed by atoms with van der Waals surface area (Å²) in [6.07, 6.45) is 2.59. The number of rotatable bonds is 9. The first kappa shape index (κ1) is 28.0. The number of nitrogens with one attached hydrogen (secondary N) is 2. The number of amides is 2. The number of benzene rings is 1. The van der Waals surface area contributed by atoms with Gasteiger partial charge in [-0.3, -0.25) is 18.8 Å². The molecule has 1 saturated heterocycles. The molecule has 4 aromatic heterocycles. The van der Waals surface area contributed by atoms with Gasteiger partial charge in [-0.15, -0.1) is 0 Å². The van der Waals surface area contributed by atoms with E-state index in [0.29, 0.717) is 59.5 Å². The molecule has 1 aromatic carbocycles. The summed E-state index contributed by atoms with van der Waals surface area (Å²) in [5, 5.41) is 11.1. The largest absolute Gasteiger partial charge is 0.459 e. The third kappa shape index (κ3) is 5.56. The van der Waals surface area contributed by atoms with Gasteiger partial charge in [0.1, 0.15) is 18.2 Å². The van der Waals surface area contributed by atoms with Gasteiger partial charge in [0.25, 0.3) is 0 Å². The number of hydrogen-bond donors (Lipinski definition) is 2. The van der Waals surface area contributed by atoms with Crippen molar-refractivity contribution >= 4 is 57.5 Å². The van der Waals surface area contributed by atoms with E-state index >= 15 is 0 Å². The molecule has 264 valence electrons. The Morgan fingerprint density at radius 2 is 1.94 bits per heavy atom. The molecular formula is C36H39N9O6. The SMILES string of the molecule is [2H]C([2H])([2H])n1c(=O)n([C@@H]2CC[C@@]([2H])(NC(=O)OC)C2)c2cc(Nc3ccc4c(N5CCCC5=O)nn([C@@]5(C(=O)OCc6ccccc6)C[C@@H]5C)c4n3)ncc21. The highest BCUT2D eigenvalue weighted by molar-refractivity contribution is 6.03. The predicted molar refractivity (Wildman–Crippen MR) is 188 cm³/mol. The smallest absolute Gasteiger partial charge is 0.407 e. The van der Waals surface area contributed by atoms with E-state index in [9.17, 15) is 19.2 Å². The van der Waals surface area contributed by atoms with Crippen molar-refractivity contribution in [3.63, 3.8) is 0 Å². The molecule has 0 unspecified atom stereocenters. The van der Waals surface area contributed by atoms with Crippen molar-refractivity contribution in [1.82, 2.24) is 34.2 Å². The fourth-order valence-electron chi connectivity index (χ4n) is 7.35. The molecule has 5 aromatic rings. The zero-order valence-electron chi connectivity index (χ0n) is 32.1. The molecule has 2 N–H and O–H groups in total. The Labute approximate surface area is 298 Å². The molecule has 51 heavy (non-hydrogen) atoms. The van der Waals surface area contributed by atoms with Crippen LogP contribution in [0, 0.1) is 5.92 Å². The van der Waals surface area contributed by atoms with Crippen molar-refractivity contribution in [3.05, 3.63) is 70.8 Å². The van der Waals surface area contributed by atoms with E-state index in [4.69, 9.17) is 20.3 Å².